The van der Waals surface area contributed by atoms with Crippen molar-refractivity contribution in [1.29, 1.82) is 0 Å². The first kappa shape index (κ1) is 12.7. The molecule has 1 atom stereocenters. The van der Waals surface area contributed by atoms with Crippen LogP contribution < -0.4 is 4.90 Å². The third-order valence-corrected chi connectivity index (χ3v) is 2.91. The molecule has 0 heterocycles. The molecule has 0 saturated carbocycles. The van der Waals surface area contributed by atoms with E-state index in [2.05, 4.69) is 41.1 Å². The van der Waals surface area contributed by atoms with Gasteiger partial charge in [-0.05, 0) is 18.6 Å². The van der Waals surface area contributed by atoms with E-state index < -0.39 is 0 Å². The van der Waals surface area contributed by atoms with Gasteiger partial charge in [-0.25, -0.2) is 0 Å². The Labute approximate surface area is 100 Å². The molecular weight excluding hydrogens is 254 g/mol. The van der Waals surface area contributed by atoms with Gasteiger partial charge >= 0.3 is 0 Å². The van der Waals surface area contributed by atoms with Crippen molar-refractivity contribution in [2.75, 3.05) is 19.7 Å². The molecule has 1 aromatic rings. The SMILES string of the molecule is CCC[NH+](CCO)Cc1cccc(Br)c1. The van der Waals surface area contributed by atoms with Crippen LogP contribution in [-0.4, -0.2) is 24.8 Å². The van der Waals surface area contributed by atoms with E-state index in [4.69, 9.17) is 5.11 Å². The second kappa shape index (κ2) is 6.99. The number of hydrogen-bond acceptors (Lipinski definition) is 1. The predicted octanol–water partition coefficient (Wildman–Crippen LogP) is 1.24. The van der Waals surface area contributed by atoms with Gasteiger partial charge < -0.3 is 10.0 Å². The van der Waals surface area contributed by atoms with Crippen LogP contribution in [0.1, 0.15) is 18.9 Å². The van der Waals surface area contributed by atoms with Crippen molar-refractivity contribution >= 4 is 15.9 Å². The first-order chi connectivity index (χ1) is 7.26. The minimum atomic E-state index is 0.267. The van der Waals surface area contributed by atoms with Gasteiger partial charge in [-0.1, -0.05) is 35.0 Å². The van der Waals surface area contributed by atoms with Crippen LogP contribution in [0.3, 0.4) is 0 Å². The first-order valence-electron chi connectivity index (χ1n) is 5.45. The summed E-state index contributed by atoms with van der Waals surface area (Å²) in [5.41, 5.74) is 1.32. The largest absolute Gasteiger partial charge is 0.391 e. The number of aliphatic hydroxyl groups is 1. The number of quaternary nitrogens is 1. The molecule has 15 heavy (non-hydrogen) atoms. The van der Waals surface area contributed by atoms with Gasteiger partial charge in [0.1, 0.15) is 13.1 Å². The van der Waals surface area contributed by atoms with Crippen LogP contribution in [-0.2, 0) is 6.54 Å². The Hall–Kier alpha value is -0.380. The molecule has 84 valence electrons. The van der Waals surface area contributed by atoms with Gasteiger partial charge in [-0.15, -0.1) is 0 Å². The molecular formula is C12H19BrNO+. The van der Waals surface area contributed by atoms with E-state index in [9.17, 15) is 0 Å². The molecule has 0 aliphatic heterocycles. The molecule has 0 amide bonds. The van der Waals surface area contributed by atoms with E-state index >= 15 is 0 Å². The Bertz CT molecular complexity index is 285. The standard InChI is InChI=1S/C12H18BrNO/c1-2-6-14(7-8-15)10-11-4-3-5-12(13)9-11/h3-5,9,15H,2,6-8,10H2,1H3/p+1. The van der Waals surface area contributed by atoms with Crippen molar-refractivity contribution in [2.24, 2.45) is 0 Å². The number of halogens is 1. The number of benzene rings is 1. The molecule has 0 aliphatic carbocycles. The molecule has 0 saturated heterocycles. The fourth-order valence-corrected chi connectivity index (χ4v) is 2.20. The zero-order valence-corrected chi connectivity index (χ0v) is 10.8. The van der Waals surface area contributed by atoms with E-state index in [1.807, 2.05) is 6.07 Å². The van der Waals surface area contributed by atoms with E-state index in [1.54, 1.807) is 0 Å². The third-order valence-electron chi connectivity index (χ3n) is 2.41. The maximum Gasteiger partial charge on any atom is 0.103 e. The van der Waals surface area contributed by atoms with Crippen molar-refractivity contribution < 1.29 is 10.0 Å². The second-order valence-corrected chi connectivity index (χ2v) is 4.70. The molecule has 0 bridgehead atoms. The Morgan fingerprint density at radius 2 is 2.13 bits per heavy atom. The van der Waals surface area contributed by atoms with E-state index in [-0.39, 0.29) is 6.61 Å². The van der Waals surface area contributed by atoms with Crippen LogP contribution >= 0.6 is 15.9 Å². The summed E-state index contributed by atoms with van der Waals surface area (Å²) in [4.78, 5) is 1.44. The van der Waals surface area contributed by atoms with Gasteiger partial charge in [-0.2, -0.15) is 0 Å². The Morgan fingerprint density at radius 1 is 1.33 bits per heavy atom. The summed E-state index contributed by atoms with van der Waals surface area (Å²) in [6, 6.07) is 8.38. The minimum absolute atomic E-state index is 0.267. The van der Waals surface area contributed by atoms with Crippen molar-refractivity contribution in [3.63, 3.8) is 0 Å². The number of aliphatic hydroxyl groups excluding tert-OH is 1. The number of rotatable bonds is 6. The normalized spacial score (nSPS) is 12.7. The van der Waals surface area contributed by atoms with Gasteiger partial charge in [0.15, 0.2) is 0 Å². The average Bonchev–Trinajstić information content (AvgIpc) is 2.18. The number of hydrogen-bond donors (Lipinski definition) is 2. The summed E-state index contributed by atoms with van der Waals surface area (Å²) in [5.74, 6) is 0. The Balaban J connectivity index is 2.56. The highest BCUT2D eigenvalue weighted by Crippen LogP contribution is 2.10. The van der Waals surface area contributed by atoms with Crippen molar-refractivity contribution in [1.82, 2.24) is 0 Å². The lowest BCUT2D eigenvalue weighted by Gasteiger charge is -2.17. The summed E-state index contributed by atoms with van der Waals surface area (Å²) in [6.07, 6.45) is 1.16. The van der Waals surface area contributed by atoms with Crippen LogP contribution in [0, 0.1) is 0 Å². The van der Waals surface area contributed by atoms with Crippen molar-refractivity contribution in [3.05, 3.63) is 34.3 Å². The third kappa shape index (κ3) is 4.78. The Kier molecular flexibility index (Phi) is 5.91. The lowest BCUT2D eigenvalue weighted by molar-refractivity contribution is -0.914. The summed E-state index contributed by atoms with van der Waals surface area (Å²) in [5, 5.41) is 8.97. The van der Waals surface area contributed by atoms with E-state index in [0.717, 1.165) is 30.5 Å². The number of nitrogens with one attached hydrogen (secondary N) is 1. The highest BCUT2D eigenvalue weighted by molar-refractivity contribution is 9.10. The molecule has 2 N–H and O–H groups in total. The maximum atomic E-state index is 8.97. The van der Waals surface area contributed by atoms with Crippen LogP contribution in [0.25, 0.3) is 0 Å². The predicted molar refractivity (Wildman–Crippen MR) is 65.9 cm³/mol. The lowest BCUT2D eigenvalue weighted by atomic mass is 10.2. The van der Waals surface area contributed by atoms with Crippen molar-refractivity contribution in [2.45, 2.75) is 19.9 Å². The van der Waals surface area contributed by atoms with Crippen molar-refractivity contribution in [3.8, 4) is 0 Å². The second-order valence-electron chi connectivity index (χ2n) is 3.78. The Morgan fingerprint density at radius 3 is 2.73 bits per heavy atom. The zero-order valence-electron chi connectivity index (χ0n) is 9.17. The highest BCUT2D eigenvalue weighted by atomic mass is 79.9. The van der Waals surface area contributed by atoms with Gasteiger partial charge in [-0.3, -0.25) is 0 Å². The molecule has 3 heteroatoms. The molecule has 2 nitrogen and oxygen atoms in total. The first-order valence-corrected chi connectivity index (χ1v) is 6.24. The van der Waals surface area contributed by atoms with Gasteiger partial charge in [0.2, 0.25) is 0 Å². The molecule has 0 fully saturated rings. The fraction of sp³-hybridized carbons (Fsp3) is 0.500. The molecule has 1 rings (SSSR count). The van der Waals surface area contributed by atoms with Crippen LogP contribution in [0.5, 0.6) is 0 Å². The smallest absolute Gasteiger partial charge is 0.103 e. The van der Waals surface area contributed by atoms with Crippen LogP contribution in [0.4, 0.5) is 0 Å². The minimum Gasteiger partial charge on any atom is -0.391 e. The topological polar surface area (TPSA) is 24.7 Å². The zero-order chi connectivity index (χ0) is 11.1. The quantitative estimate of drug-likeness (QED) is 0.800. The molecule has 0 spiro atoms. The van der Waals surface area contributed by atoms with Crippen LogP contribution in [0.15, 0.2) is 28.7 Å². The van der Waals surface area contributed by atoms with E-state index in [1.165, 1.54) is 10.5 Å². The highest BCUT2D eigenvalue weighted by Gasteiger charge is 2.07. The van der Waals surface area contributed by atoms with E-state index in [0.29, 0.717) is 0 Å². The molecule has 0 aliphatic rings. The molecule has 0 aromatic heterocycles. The molecule has 1 unspecified atom stereocenters. The van der Waals surface area contributed by atoms with Gasteiger partial charge in [0.05, 0.1) is 13.2 Å². The lowest BCUT2D eigenvalue weighted by Crippen LogP contribution is -3.11. The monoisotopic (exact) mass is 272 g/mol. The average molecular weight is 273 g/mol. The summed E-state index contributed by atoms with van der Waals surface area (Å²) < 4.78 is 1.12. The maximum absolute atomic E-state index is 8.97. The molecule has 1 aromatic carbocycles. The van der Waals surface area contributed by atoms with Crippen LogP contribution in [0.2, 0.25) is 0 Å². The van der Waals surface area contributed by atoms with Gasteiger partial charge in [0.25, 0.3) is 0 Å². The van der Waals surface area contributed by atoms with Gasteiger partial charge in [0, 0.05) is 10.0 Å². The summed E-state index contributed by atoms with van der Waals surface area (Å²) in [7, 11) is 0. The fourth-order valence-electron chi connectivity index (χ4n) is 1.75. The molecule has 0 radical (unpaired) electrons. The summed E-state index contributed by atoms with van der Waals surface area (Å²) in [6.45, 7) is 5.39. The summed E-state index contributed by atoms with van der Waals surface area (Å²) >= 11 is 3.47.